The Kier molecular flexibility index (Phi) is 5.67. The molecule has 1 heterocycles. The van der Waals surface area contributed by atoms with E-state index in [1.165, 1.54) is 0 Å². The molecule has 1 aromatic rings. The molecule has 0 saturated carbocycles. The first kappa shape index (κ1) is 18.5. The molecule has 130 valence electrons. The summed E-state index contributed by atoms with van der Waals surface area (Å²) in [6.07, 6.45) is 0. The maximum absolute atomic E-state index is 12.6. The Balaban J connectivity index is 2.48. The van der Waals surface area contributed by atoms with Crippen molar-refractivity contribution in [2.75, 3.05) is 27.2 Å². The Bertz CT molecular complexity index is 665. The quantitative estimate of drug-likeness (QED) is 0.857. The van der Waals surface area contributed by atoms with E-state index in [1.54, 1.807) is 43.0 Å². The predicted octanol–water partition coefficient (Wildman–Crippen LogP) is 2.82. The van der Waals surface area contributed by atoms with Gasteiger partial charge in [0.2, 0.25) is 0 Å². The maximum Gasteiger partial charge on any atom is 0.290 e. The van der Waals surface area contributed by atoms with Gasteiger partial charge in [-0.3, -0.25) is 9.59 Å². The average molecular weight is 351 g/mol. The number of aliphatic hydroxyl groups is 1. The van der Waals surface area contributed by atoms with Crippen molar-refractivity contribution < 1.29 is 14.7 Å². The Morgan fingerprint density at radius 2 is 1.88 bits per heavy atom. The van der Waals surface area contributed by atoms with E-state index in [4.69, 9.17) is 11.6 Å². The van der Waals surface area contributed by atoms with Crippen LogP contribution in [0.15, 0.2) is 35.6 Å². The highest BCUT2D eigenvalue weighted by molar-refractivity contribution is 6.30. The van der Waals surface area contributed by atoms with Crippen LogP contribution in [0.1, 0.15) is 25.5 Å². The summed E-state index contributed by atoms with van der Waals surface area (Å²) in [5.74, 6) is -1.46. The Hall–Kier alpha value is -1.85. The lowest BCUT2D eigenvalue weighted by molar-refractivity contribution is -0.129. The van der Waals surface area contributed by atoms with Crippen LogP contribution in [0.4, 0.5) is 0 Å². The van der Waals surface area contributed by atoms with Crippen molar-refractivity contribution in [1.82, 2.24) is 9.80 Å². The van der Waals surface area contributed by atoms with Gasteiger partial charge < -0.3 is 14.9 Å². The minimum Gasteiger partial charge on any atom is -0.503 e. The van der Waals surface area contributed by atoms with Crippen LogP contribution in [-0.2, 0) is 9.59 Å². The number of amides is 1. The highest BCUT2D eigenvalue weighted by atomic mass is 35.5. The number of aliphatic hydroxyl groups excluding tert-OH is 1. The zero-order valence-electron chi connectivity index (χ0n) is 14.4. The molecule has 1 atom stereocenters. The van der Waals surface area contributed by atoms with Crippen LogP contribution in [0.2, 0.25) is 5.02 Å². The first-order chi connectivity index (χ1) is 11.2. The zero-order valence-corrected chi connectivity index (χ0v) is 15.2. The van der Waals surface area contributed by atoms with E-state index in [9.17, 15) is 14.7 Å². The fraction of sp³-hybridized carbons (Fsp3) is 0.444. The van der Waals surface area contributed by atoms with Gasteiger partial charge in [0.15, 0.2) is 11.5 Å². The van der Waals surface area contributed by atoms with Crippen molar-refractivity contribution in [2.45, 2.75) is 19.9 Å². The zero-order chi connectivity index (χ0) is 18.0. The van der Waals surface area contributed by atoms with Crippen molar-refractivity contribution in [3.8, 4) is 0 Å². The fourth-order valence-corrected chi connectivity index (χ4v) is 2.87. The third-order valence-electron chi connectivity index (χ3n) is 4.07. The van der Waals surface area contributed by atoms with E-state index in [0.717, 1.165) is 5.56 Å². The number of ketones is 1. The monoisotopic (exact) mass is 350 g/mol. The molecule has 1 unspecified atom stereocenters. The van der Waals surface area contributed by atoms with E-state index in [2.05, 4.69) is 0 Å². The number of hydrogen-bond acceptors (Lipinski definition) is 4. The summed E-state index contributed by atoms with van der Waals surface area (Å²) in [5, 5.41) is 10.9. The van der Waals surface area contributed by atoms with Gasteiger partial charge in [0, 0.05) is 24.0 Å². The molecule has 0 bridgehead atoms. The molecule has 5 nitrogen and oxygen atoms in total. The van der Waals surface area contributed by atoms with Crippen LogP contribution in [-0.4, -0.2) is 53.8 Å². The van der Waals surface area contributed by atoms with Crippen molar-refractivity contribution in [1.29, 1.82) is 0 Å². The summed E-state index contributed by atoms with van der Waals surface area (Å²) in [5.41, 5.74) is 0.940. The van der Waals surface area contributed by atoms with E-state index < -0.39 is 17.7 Å². The molecule has 24 heavy (non-hydrogen) atoms. The maximum atomic E-state index is 12.6. The van der Waals surface area contributed by atoms with Crippen molar-refractivity contribution in [3.05, 3.63) is 46.2 Å². The average Bonchev–Trinajstić information content (AvgIpc) is 2.77. The van der Waals surface area contributed by atoms with Gasteiger partial charge in [-0.2, -0.15) is 0 Å². The molecule has 6 heteroatoms. The largest absolute Gasteiger partial charge is 0.503 e. The van der Waals surface area contributed by atoms with E-state index in [0.29, 0.717) is 18.1 Å². The highest BCUT2D eigenvalue weighted by Crippen LogP contribution is 2.38. The Morgan fingerprint density at radius 1 is 1.29 bits per heavy atom. The topological polar surface area (TPSA) is 60.9 Å². The van der Waals surface area contributed by atoms with Crippen LogP contribution in [0.3, 0.4) is 0 Å². The smallest absolute Gasteiger partial charge is 0.290 e. The highest BCUT2D eigenvalue weighted by Gasteiger charge is 2.43. The molecule has 0 saturated heterocycles. The minimum atomic E-state index is -0.579. The number of benzene rings is 1. The molecule has 0 radical (unpaired) electrons. The summed E-state index contributed by atoms with van der Waals surface area (Å²) in [7, 11) is 3.82. The first-order valence-corrected chi connectivity index (χ1v) is 8.30. The number of nitrogens with zero attached hydrogens (tertiary/aromatic N) is 2. The van der Waals surface area contributed by atoms with E-state index >= 15 is 0 Å². The Labute approximate surface area is 147 Å². The van der Waals surface area contributed by atoms with Crippen LogP contribution in [0.5, 0.6) is 0 Å². The van der Waals surface area contributed by atoms with Gasteiger partial charge in [0.25, 0.3) is 5.91 Å². The van der Waals surface area contributed by atoms with Crippen molar-refractivity contribution in [2.24, 2.45) is 5.92 Å². The molecule has 1 N–H and O–H groups in total. The van der Waals surface area contributed by atoms with Crippen LogP contribution in [0.25, 0.3) is 0 Å². The second kappa shape index (κ2) is 7.36. The number of carbonyl (C=O) groups excluding carboxylic acids is 2. The molecule has 0 fully saturated rings. The number of hydrogen-bond donors (Lipinski definition) is 1. The van der Waals surface area contributed by atoms with Gasteiger partial charge in [-0.25, -0.2) is 0 Å². The van der Waals surface area contributed by atoms with Crippen molar-refractivity contribution in [3.63, 3.8) is 0 Å². The fourth-order valence-electron chi connectivity index (χ4n) is 2.75. The van der Waals surface area contributed by atoms with Crippen LogP contribution in [0, 0.1) is 5.92 Å². The molecule has 0 aliphatic carbocycles. The molecule has 1 aromatic carbocycles. The van der Waals surface area contributed by atoms with E-state index in [-0.39, 0.29) is 17.3 Å². The summed E-state index contributed by atoms with van der Waals surface area (Å²) >= 11 is 5.95. The third kappa shape index (κ3) is 3.62. The number of Topliss-reactive ketones (excluding diaryl/α,β-unsaturated/α-hetero) is 1. The molecule has 1 aliphatic heterocycles. The number of carbonyl (C=O) groups is 2. The second-order valence-electron chi connectivity index (χ2n) is 6.54. The van der Waals surface area contributed by atoms with Gasteiger partial charge in [-0.1, -0.05) is 37.6 Å². The molecular formula is C18H23ClN2O3. The van der Waals surface area contributed by atoms with Crippen LogP contribution < -0.4 is 0 Å². The molecule has 0 aromatic heterocycles. The third-order valence-corrected chi connectivity index (χ3v) is 4.32. The van der Waals surface area contributed by atoms with Gasteiger partial charge >= 0.3 is 0 Å². The predicted molar refractivity (Wildman–Crippen MR) is 94.0 cm³/mol. The summed E-state index contributed by atoms with van der Waals surface area (Å²) < 4.78 is 0. The number of likely N-dealkylation sites (N-methyl/N-ethyl adjacent to an activating group) is 1. The molecule has 1 aliphatic rings. The number of halogens is 1. The van der Waals surface area contributed by atoms with Gasteiger partial charge in [0.05, 0.1) is 11.6 Å². The first-order valence-electron chi connectivity index (χ1n) is 7.92. The lowest BCUT2D eigenvalue weighted by Gasteiger charge is -2.28. The van der Waals surface area contributed by atoms with Gasteiger partial charge in [-0.15, -0.1) is 0 Å². The lowest BCUT2D eigenvalue weighted by atomic mass is 9.91. The summed E-state index contributed by atoms with van der Waals surface area (Å²) in [6.45, 7) is 4.56. The molecular weight excluding hydrogens is 328 g/mol. The molecule has 1 amide bonds. The van der Waals surface area contributed by atoms with E-state index in [1.807, 2.05) is 19.0 Å². The SMILES string of the molecule is CC(C)C(=O)C1=C(O)C(=O)N(CCN(C)C)C1c1ccc(Cl)cc1. The van der Waals surface area contributed by atoms with Crippen LogP contribution >= 0.6 is 11.6 Å². The molecule has 0 spiro atoms. The Morgan fingerprint density at radius 3 is 2.38 bits per heavy atom. The van der Waals surface area contributed by atoms with Gasteiger partial charge in [-0.05, 0) is 31.8 Å². The van der Waals surface area contributed by atoms with Crippen molar-refractivity contribution >= 4 is 23.3 Å². The summed E-state index contributed by atoms with van der Waals surface area (Å²) in [4.78, 5) is 28.6. The normalized spacial score (nSPS) is 18.2. The minimum absolute atomic E-state index is 0.177. The number of rotatable bonds is 6. The summed E-state index contributed by atoms with van der Waals surface area (Å²) in [6, 6.07) is 6.44. The standard InChI is InChI=1S/C18H23ClN2O3/c1-11(2)16(22)14-15(12-5-7-13(19)8-6-12)21(10-9-20(3)4)18(24)17(14)23/h5-8,11,15,23H,9-10H2,1-4H3. The second-order valence-corrected chi connectivity index (χ2v) is 6.97. The lowest BCUT2D eigenvalue weighted by Crippen LogP contribution is -2.36. The molecule has 2 rings (SSSR count). The van der Waals surface area contributed by atoms with Gasteiger partial charge in [0.1, 0.15) is 0 Å².